The minimum atomic E-state index is -0.00662. The molecule has 0 aromatic carbocycles. The number of hydrogen-bond acceptors (Lipinski definition) is 4. The zero-order valence-electron chi connectivity index (χ0n) is 11.2. The summed E-state index contributed by atoms with van der Waals surface area (Å²) in [5.74, 6) is 0.906. The third kappa shape index (κ3) is 2.45. The minimum Gasteiger partial charge on any atom is -0.384 e. The highest BCUT2D eigenvalue weighted by Gasteiger charge is 2.35. The Balaban J connectivity index is 1.68. The van der Waals surface area contributed by atoms with Crippen molar-refractivity contribution in [2.45, 2.75) is 25.3 Å². The molecular formula is C14H18N4O2. The molecule has 6 heteroatoms. The molecule has 0 bridgehead atoms. The van der Waals surface area contributed by atoms with E-state index in [-0.39, 0.29) is 17.9 Å². The summed E-state index contributed by atoms with van der Waals surface area (Å²) in [4.78, 5) is 29.6. The van der Waals surface area contributed by atoms with Gasteiger partial charge in [-0.3, -0.25) is 9.59 Å². The van der Waals surface area contributed by atoms with Crippen LogP contribution in [-0.4, -0.2) is 40.8 Å². The number of aromatic nitrogens is 1. The lowest BCUT2D eigenvalue weighted by atomic mass is 9.85. The maximum absolute atomic E-state index is 12.4. The highest BCUT2D eigenvalue weighted by molar-refractivity contribution is 5.94. The van der Waals surface area contributed by atoms with Crippen molar-refractivity contribution in [2.75, 3.05) is 18.8 Å². The van der Waals surface area contributed by atoms with Crippen molar-refractivity contribution in [1.29, 1.82) is 0 Å². The second kappa shape index (κ2) is 5.11. The normalized spacial score (nSPS) is 25.8. The molecule has 3 rings (SSSR count). The van der Waals surface area contributed by atoms with Gasteiger partial charge in [-0.25, -0.2) is 4.98 Å². The number of rotatable bonds is 1. The number of likely N-dealkylation sites (tertiary alicyclic amines) is 1. The van der Waals surface area contributed by atoms with E-state index >= 15 is 0 Å². The summed E-state index contributed by atoms with van der Waals surface area (Å²) < 4.78 is 0. The second-order valence-electron chi connectivity index (χ2n) is 5.48. The maximum atomic E-state index is 12.4. The van der Waals surface area contributed by atoms with E-state index in [0.717, 1.165) is 12.8 Å². The molecule has 0 spiro atoms. The Morgan fingerprint density at radius 1 is 1.40 bits per heavy atom. The molecule has 0 aliphatic carbocycles. The molecule has 106 valence electrons. The molecule has 3 N–H and O–H groups in total. The van der Waals surface area contributed by atoms with Gasteiger partial charge in [0.05, 0.1) is 5.56 Å². The topological polar surface area (TPSA) is 88.3 Å². The summed E-state index contributed by atoms with van der Waals surface area (Å²) in [6.45, 7) is 1.37. The molecule has 2 aliphatic heterocycles. The van der Waals surface area contributed by atoms with E-state index < -0.39 is 0 Å². The van der Waals surface area contributed by atoms with Crippen LogP contribution in [0.2, 0.25) is 0 Å². The largest absolute Gasteiger partial charge is 0.384 e. The van der Waals surface area contributed by atoms with Crippen LogP contribution in [0.3, 0.4) is 0 Å². The van der Waals surface area contributed by atoms with Gasteiger partial charge in [0, 0.05) is 31.7 Å². The van der Waals surface area contributed by atoms with Gasteiger partial charge in [-0.05, 0) is 30.9 Å². The molecule has 20 heavy (non-hydrogen) atoms. The summed E-state index contributed by atoms with van der Waals surface area (Å²) >= 11 is 0. The Labute approximate surface area is 117 Å². The number of carbonyl (C=O) groups excluding carboxylic acids is 2. The first-order valence-corrected chi connectivity index (χ1v) is 6.93. The predicted molar refractivity (Wildman–Crippen MR) is 73.8 cm³/mol. The number of carbonyl (C=O) groups is 2. The number of amides is 2. The Morgan fingerprint density at radius 2 is 2.25 bits per heavy atom. The van der Waals surface area contributed by atoms with Gasteiger partial charge in [0.1, 0.15) is 5.82 Å². The fraction of sp³-hybridized carbons (Fsp3) is 0.500. The predicted octanol–water partition coefficient (Wildman–Crippen LogP) is 0.404. The van der Waals surface area contributed by atoms with Crippen LogP contribution in [0.1, 0.15) is 29.6 Å². The number of hydrogen-bond donors (Lipinski definition) is 2. The number of fused-ring (bicyclic) bond motifs is 1. The zero-order chi connectivity index (χ0) is 14.1. The molecule has 3 heterocycles. The first-order chi connectivity index (χ1) is 9.63. The third-order valence-corrected chi connectivity index (χ3v) is 4.14. The van der Waals surface area contributed by atoms with Crippen LogP contribution in [0.25, 0.3) is 0 Å². The number of nitrogen functional groups attached to an aromatic ring is 1. The third-order valence-electron chi connectivity index (χ3n) is 4.14. The summed E-state index contributed by atoms with van der Waals surface area (Å²) in [5.41, 5.74) is 6.10. The van der Waals surface area contributed by atoms with Crippen LogP contribution >= 0.6 is 0 Å². The van der Waals surface area contributed by atoms with Crippen molar-refractivity contribution in [2.24, 2.45) is 5.92 Å². The van der Waals surface area contributed by atoms with Gasteiger partial charge in [0.15, 0.2) is 0 Å². The lowest BCUT2D eigenvalue weighted by molar-refractivity contribution is -0.125. The first-order valence-electron chi connectivity index (χ1n) is 6.93. The van der Waals surface area contributed by atoms with E-state index in [0.29, 0.717) is 36.8 Å². The summed E-state index contributed by atoms with van der Waals surface area (Å²) in [5, 5.41) is 3.02. The van der Waals surface area contributed by atoms with Crippen LogP contribution in [0.15, 0.2) is 18.3 Å². The first kappa shape index (κ1) is 12.9. The smallest absolute Gasteiger partial charge is 0.255 e. The average Bonchev–Trinajstić information content (AvgIpc) is 2.47. The summed E-state index contributed by atoms with van der Waals surface area (Å²) in [7, 11) is 0. The van der Waals surface area contributed by atoms with Gasteiger partial charge < -0.3 is 16.0 Å². The van der Waals surface area contributed by atoms with E-state index in [1.54, 1.807) is 12.1 Å². The average molecular weight is 274 g/mol. The van der Waals surface area contributed by atoms with E-state index in [9.17, 15) is 9.59 Å². The van der Waals surface area contributed by atoms with Crippen molar-refractivity contribution in [3.05, 3.63) is 23.9 Å². The molecule has 2 atom stereocenters. The van der Waals surface area contributed by atoms with E-state index in [2.05, 4.69) is 10.3 Å². The molecule has 6 nitrogen and oxygen atoms in total. The minimum absolute atomic E-state index is 0.00662. The van der Waals surface area contributed by atoms with E-state index in [4.69, 9.17) is 5.73 Å². The highest BCUT2D eigenvalue weighted by Crippen LogP contribution is 2.26. The lowest BCUT2D eigenvalue weighted by Gasteiger charge is -2.41. The Kier molecular flexibility index (Phi) is 3.30. The van der Waals surface area contributed by atoms with Crippen LogP contribution in [0.5, 0.6) is 0 Å². The van der Waals surface area contributed by atoms with Gasteiger partial charge in [-0.15, -0.1) is 0 Å². The maximum Gasteiger partial charge on any atom is 0.255 e. The Bertz CT molecular complexity index is 528. The summed E-state index contributed by atoms with van der Waals surface area (Å²) in [6.07, 6.45) is 3.77. The van der Waals surface area contributed by atoms with Crippen molar-refractivity contribution >= 4 is 17.6 Å². The molecule has 0 radical (unpaired) electrons. The number of anilines is 1. The lowest BCUT2D eigenvalue weighted by Crippen LogP contribution is -2.55. The van der Waals surface area contributed by atoms with Crippen LogP contribution < -0.4 is 11.1 Å². The van der Waals surface area contributed by atoms with Crippen molar-refractivity contribution in [1.82, 2.24) is 15.2 Å². The summed E-state index contributed by atoms with van der Waals surface area (Å²) in [6, 6.07) is 3.57. The highest BCUT2D eigenvalue weighted by atomic mass is 16.2. The van der Waals surface area contributed by atoms with Gasteiger partial charge >= 0.3 is 0 Å². The quantitative estimate of drug-likeness (QED) is 0.776. The zero-order valence-corrected chi connectivity index (χ0v) is 11.2. The van der Waals surface area contributed by atoms with Gasteiger partial charge in [0.25, 0.3) is 5.91 Å². The second-order valence-corrected chi connectivity index (χ2v) is 5.48. The van der Waals surface area contributed by atoms with Crippen LogP contribution in [-0.2, 0) is 4.79 Å². The fourth-order valence-corrected chi connectivity index (χ4v) is 3.01. The Hall–Kier alpha value is -2.11. The SMILES string of the molecule is Nc1ccc(C(=O)N2CCC3NC(=O)CCC3C2)cn1. The monoisotopic (exact) mass is 274 g/mol. The van der Waals surface area contributed by atoms with Gasteiger partial charge in [-0.2, -0.15) is 0 Å². The number of pyridine rings is 1. The number of piperidine rings is 2. The van der Waals surface area contributed by atoms with Gasteiger partial charge in [0.2, 0.25) is 5.91 Å². The number of nitrogens with two attached hydrogens (primary N) is 1. The number of nitrogens with one attached hydrogen (secondary N) is 1. The van der Waals surface area contributed by atoms with Gasteiger partial charge in [-0.1, -0.05) is 0 Å². The van der Waals surface area contributed by atoms with E-state index in [1.807, 2.05) is 4.90 Å². The van der Waals surface area contributed by atoms with Crippen molar-refractivity contribution in [3.8, 4) is 0 Å². The van der Waals surface area contributed by atoms with Crippen LogP contribution in [0, 0.1) is 5.92 Å². The fourth-order valence-electron chi connectivity index (χ4n) is 3.01. The molecule has 1 aromatic rings. The standard InChI is InChI=1S/C14H18N4O2/c15-12-3-1-9(7-16-12)14(20)18-6-5-11-10(8-18)2-4-13(19)17-11/h1,3,7,10-11H,2,4-6,8H2,(H2,15,16)(H,17,19). The molecule has 2 saturated heterocycles. The molecule has 2 fully saturated rings. The molecule has 0 saturated carbocycles. The molecule has 2 amide bonds. The van der Waals surface area contributed by atoms with E-state index in [1.165, 1.54) is 6.20 Å². The van der Waals surface area contributed by atoms with Crippen molar-refractivity contribution < 1.29 is 9.59 Å². The molecule has 2 unspecified atom stereocenters. The van der Waals surface area contributed by atoms with Crippen LogP contribution in [0.4, 0.5) is 5.82 Å². The molecule has 2 aliphatic rings. The van der Waals surface area contributed by atoms with Crippen molar-refractivity contribution in [3.63, 3.8) is 0 Å². The molecule has 1 aromatic heterocycles. The Morgan fingerprint density at radius 3 is 3.00 bits per heavy atom. The number of nitrogens with zero attached hydrogens (tertiary/aromatic N) is 2. The molecular weight excluding hydrogens is 256 g/mol.